The SMILES string of the molecule is CCNC(=O)[C@H](C)N(Cc1ccc(OC)cc1)C(=O)CN(c1ccc(Cl)c(Cl)c1)S(C)(=O)=O. The Morgan fingerprint density at radius 2 is 1.73 bits per heavy atom. The molecule has 180 valence electrons. The van der Waals surface area contributed by atoms with Gasteiger partial charge in [0.25, 0.3) is 0 Å². The highest BCUT2D eigenvalue weighted by molar-refractivity contribution is 7.92. The molecule has 0 aliphatic rings. The lowest BCUT2D eigenvalue weighted by atomic mass is 10.1. The average molecular weight is 516 g/mol. The highest BCUT2D eigenvalue weighted by Gasteiger charge is 2.30. The fraction of sp³-hybridized carbons (Fsp3) is 0.364. The van der Waals surface area contributed by atoms with E-state index in [0.717, 1.165) is 16.1 Å². The first-order valence-corrected chi connectivity index (χ1v) is 12.7. The maximum atomic E-state index is 13.4. The number of rotatable bonds is 10. The van der Waals surface area contributed by atoms with Crippen LogP contribution in [0.5, 0.6) is 5.75 Å². The Hall–Kier alpha value is -2.49. The van der Waals surface area contributed by atoms with Gasteiger partial charge in [0.15, 0.2) is 0 Å². The lowest BCUT2D eigenvalue weighted by molar-refractivity contribution is -0.139. The fourth-order valence-electron chi connectivity index (χ4n) is 3.09. The summed E-state index contributed by atoms with van der Waals surface area (Å²) in [6.07, 6.45) is 0.990. The molecular weight excluding hydrogens is 489 g/mol. The van der Waals surface area contributed by atoms with Crippen molar-refractivity contribution in [2.75, 3.05) is 30.8 Å². The first-order valence-electron chi connectivity index (χ1n) is 10.1. The van der Waals surface area contributed by atoms with Gasteiger partial charge in [-0.2, -0.15) is 0 Å². The second kappa shape index (κ2) is 11.6. The van der Waals surface area contributed by atoms with Crippen molar-refractivity contribution in [2.45, 2.75) is 26.4 Å². The number of ether oxygens (including phenoxy) is 1. The van der Waals surface area contributed by atoms with Crippen LogP contribution in [0.3, 0.4) is 0 Å². The molecule has 2 aromatic carbocycles. The van der Waals surface area contributed by atoms with E-state index in [1.807, 2.05) is 0 Å². The van der Waals surface area contributed by atoms with Gasteiger partial charge < -0.3 is 15.0 Å². The second-order valence-electron chi connectivity index (χ2n) is 7.31. The second-order valence-corrected chi connectivity index (χ2v) is 10.0. The van der Waals surface area contributed by atoms with Gasteiger partial charge in [-0.25, -0.2) is 8.42 Å². The van der Waals surface area contributed by atoms with Crippen LogP contribution in [0, 0.1) is 0 Å². The zero-order valence-electron chi connectivity index (χ0n) is 18.8. The summed E-state index contributed by atoms with van der Waals surface area (Å²) in [4.78, 5) is 27.2. The van der Waals surface area contributed by atoms with Crippen LogP contribution in [0.25, 0.3) is 0 Å². The third-order valence-corrected chi connectivity index (χ3v) is 6.78. The highest BCUT2D eigenvalue weighted by Crippen LogP contribution is 2.28. The number of sulfonamides is 1. The molecule has 0 saturated carbocycles. The van der Waals surface area contributed by atoms with Crippen molar-refractivity contribution < 1.29 is 22.7 Å². The molecule has 0 aromatic heterocycles. The molecule has 1 atom stereocenters. The highest BCUT2D eigenvalue weighted by atomic mass is 35.5. The number of hydrogen-bond donors (Lipinski definition) is 1. The van der Waals surface area contributed by atoms with Gasteiger partial charge in [0.2, 0.25) is 21.8 Å². The van der Waals surface area contributed by atoms with Crippen molar-refractivity contribution >= 4 is 50.7 Å². The van der Waals surface area contributed by atoms with E-state index in [2.05, 4.69) is 5.32 Å². The van der Waals surface area contributed by atoms with Gasteiger partial charge in [-0.3, -0.25) is 13.9 Å². The molecule has 0 aliphatic heterocycles. The fourth-order valence-corrected chi connectivity index (χ4v) is 4.22. The van der Waals surface area contributed by atoms with E-state index in [1.165, 1.54) is 23.1 Å². The van der Waals surface area contributed by atoms with Crippen LogP contribution >= 0.6 is 23.2 Å². The number of carbonyl (C=O) groups is 2. The molecule has 0 bridgehead atoms. The van der Waals surface area contributed by atoms with E-state index in [4.69, 9.17) is 27.9 Å². The molecule has 1 N–H and O–H groups in total. The van der Waals surface area contributed by atoms with Crippen molar-refractivity contribution in [1.29, 1.82) is 0 Å². The summed E-state index contributed by atoms with van der Waals surface area (Å²) >= 11 is 12.0. The molecule has 0 heterocycles. The Morgan fingerprint density at radius 3 is 2.24 bits per heavy atom. The van der Waals surface area contributed by atoms with Crippen molar-refractivity contribution in [3.63, 3.8) is 0 Å². The first kappa shape index (κ1) is 26.8. The minimum Gasteiger partial charge on any atom is -0.497 e. The average Bonchev–Trinajstić information content (AvgIpc) is 2.77. The Bertz CT molecular complexity index is 1090. The lowest BCUT2D eigenvalue weighted by Gasteiger charge is -2.31. The third kappa shape index (κ3) is 7.25. The van der Waals surface area contributed by atoms with Gasteiger partial charge in [-0.1, -0.05) is 35.3 Å². The van der Waals surface area contributed by atoms with Crippen LogP contribution in [0.1, 0.15) is 19.4 Å². The van der Waals surface area contributed by atoms with E-state index in [0.29, 0.717) is 12.3 Å². The summed E-state index contributed by atoms with van der Waals surface area (Å²) in [6.45, 7) is 3.34. The number of hydrogen-bond acceptors (Lipinski definition) is 5. The van der Waals surface area contributed by atoms with Crippen LogP contribution in [-0.2, 0) is 26.2 Å². The normalized spacial score (nSPS) is 12.1. The molecular formula is C22H27Cl2N3O5S. The van der Waals surface area contributed by atoms with Crippen molar-refractivity contribution in [3.8, 4) is 5.75 Å². The van der Waals surface area contributed by atoms with Crippen LogP contribution in [0.2, 0.25) is 10.0 Å². The van der Waals surface area contributed by atoms with Crippen LogP contribution < -0.4 is 14.4 Å². The summed E-state index contributed by atoms with van der Waals surface area (Å²) in [6, 6.07) is 10.5. The lowest BCUT2D eigenvalue weighted by Crippen LogP contribution is -2.51. The predicted molar refractivity (Wildman–Crippen MR) is 130 cm³/mol. The predicted octanol–water partition coefficient (Wildman–Crippen LogP) is 3.32. The minimum atomic E-state index is -3.85. The molecule has 8 nitrogen and oxygen atoms in total. The standard InChI is InChI=1S/C22H27Cl2N3O5S/c1-5-25-22(29)15(2)26(13-16-6-9-18(32-3)10-7-16)21(28)14-27(33(4,30)31)17-8-11-19(23)20(24)12-17/h6-12,15H,5,13-14H2,1-4H3,(H,25,29)/t15-/m0/s1. The number of benzene rings is 2. The van der Waals surface area contributed by atoms with Crippen molar-refractivity contribution in [2.24, 2.45) is 0 Å². The Balaban J connectivity index is 2.39. The Labute approximate surface area is 204 Å². The van der Waals surface area contributed by atoms with Crippen LogP contribution in [0.4, 0.5) is 5.69 Å². The summed E-state index contributed by atoms with van der Waals surface area (Å²) < 4.78 is 31.1. The molecule has 2 amide bonds. The molecule has 0 aliphatic carbocycles. The number of nitrogens with zero attached hydrogens (tertiary/aromatic N) is 2. The van der Waals surface area contributed by atoms with E-state index in [1.54, 1.807) is 45.2 Å². The summed E-state index contributed by atoms with van der Waals surface area (Å²) in [5.41, 5.74) is 0.941. The number of carbonyl (C=O) groups excluding carboxylic acids is 2. The van der Waals surface area contributed by atoms with Gasteiger partial charge in [-0.05, 0) is 49.7 Å². The summed E-state index contributed by atoms with van der Waals surface area (Å²) in [5, 5.41) is 3.11. The van der Waals surface area contributed by atoms with Crippen LogP contribution in [0.15, 0.2) is 42.5 Å². The van der Waals surface area contributed by atoms with Gasteiger partial charge in [0, 0.05) is 13.1 Å². The van der Waals surface area contributed by atoms with Crippen molar-refractivity contribution in [3.05, 3.63) is 58.1 Å². The molecule has 0 radical (unpaired) electrons. The first-order chi connectivity index (χ1) is 15.5. The number of halogens is 2. The molecule has 2 aromatic rings. The Kier molecular flexibility index (Phi) is 9.39. The molecule has 0 fully saturated rings. The number of methoxy groups -OCH3 is 1. The number of anilines is 1. The molecule has 0 unspecified atom stereocenters. The number of likely N-dealkylation sites (N-methyl/N-ethyl adjacent to an activating group) is 1. The molecule has 2 rings (SSSR count). The van der Waals surface area contributed by atoms with Gasteiger partial charge in [0.05, 0.1) is 29.1 Å². The zero-order valence-corrected chi connectivity index (χ0v) is 21.2. The van der Waals surface area contributed by atoms with Gasteiger partial charge >= 0.3 is 0 Å². The van der Waals surface area contributed by atoms with Crippen molar-refractivity contribution in [1.82, 2.24) is 10.2 Å². The largest absolute Gasteiger partial charge is 0.497 e. The molecule has 33 heavy (non-hydrogen) atoms. The number of nitrogens with one attached hydrogen (secondary N) is 1. The van der Waals surface area contributed by atoms with E-state index < -0.39 is 28.5 Å². The quantitative estimate of drug-likeness (QED) is 0.523. The van der Waals surface area contributed by atoms with E-state index >= 15 is 0 Å². The maximum absolute atomic E-state index is 13.4. The summed E-state index contributed by atoms with van der Waals surface area (Å²) in [5.74, 6) is -0.253. The topological polar surface area (TPSA) is 96.0 Å². The number of amides is 2. The molecule has 0 spiro atoms. The van der Waals surface area contributed by atoms with Gasteiger partial charge in [-0.15, -0.1) is 0 Å². The van der Waals surface area contributed by atoms with E-state index in [-0.39, 0.29) is 28.2 Å². The zero-order chi connectivity index (χ0) is 24.8. The smallest absolute Gasteiger partial charge is 0.244 e. The maximum Gasteiger partial charge on any atom is 0.244 e. The minimum absolute atomic E-state index is 0.0973. The van der Waals surface area contributed by atoms with Gasteiger partial charge in [0.1, 0.15) is 18.3 Å². The third-order valence-electron chi connectivity index (χ3n) is 4.90. The van der Waals surface area contributed by atoms with E-state index in [9.17, 15) is 18.0 Å². The molecule has 0 saturated heterocycles. The summed E-state index contributed by atoms with van der Waals surface area (Å²) in [7, 11) is -2.30. The molecule has 11 heteroatoms. The van der Waals surface area contributed by atoms with Crippen LogP contribution in [-0.4, -0.2) is 57.6 Å². The monoisotopic (exact) mass is 515 g/mol. The Morgan fingerprint density at radius 1 is 1.09 bits per heavy atom.